The van der Waals surface area contributed by atoms with Gasteiger partial charge in [0, 0.05) is 19.1 Å². The molecule has 2 atom stereocenters. The fourth-order valence-corrected chi connectivity index (χ4v) is 2.79. The van der Waals surface area contributed by atoms with E-state index >= 15 is 0 Å². The summed E-state index contributed by atoms with van der Waals surface area (Å²) in [6.07, 6.45) is 0. The number of likely N-dealkylation sites (N-methyl/N-ethyl adjacent to an activating group) is 1. The van der Waals surface area contributed by atoms with Crippen molar-refractivity contribution in [2.75, 3.05) is 27.2 Å². The Morgan fingerprint density at radius 1 is 1.37 bits per heavy atom. The number of carbonyl (C=O) groups is 1. The van der Waals surface area contributed by atoms with Crippen LogP contribution in [0.5, 0.6) is 5.75 Å². The van der Waals surface area contributed by atoms with Gasteiger partial charge in [-0.3, -0.25) is 4.79 Å². The summed E-state index contributed by atoms with van der Waals surface area (Å²) < 4.78 is 0. The summed E-state index contributed by atoms with van der Waals surface area (Å²) in [5.74, 6) is 0.483. The Morgan fingerprint density at radius 2 is 2.05 bits per heavy atom. The summed E-state index contributed by atoms with van der Waals surface area (Å²) in [4.78, 5) is 16.5. The standard InChI is InChI=1S/C15H22N2O2/c1-10-6-5-7-12(14(10)18)15(19)17-8-11(2)13(9-17)16(3)4/h5-7,11,13,18H,8-9H2,1-4H3. The molecule has 1 heterocycles. The van der Waals surface area contributed by atoms with E-state index in [0.717, 1.165) is 18.7 Å². The molecule has 0 saturated carbocycles. The molecule has 1 aromatic carbocycles. The molecule has 1 aliphatic rings. The van der Waals surface area contributed by atoms with Crippen LogP contribution in [0.3, 0.4) is 0 Å². The average Bonchev–Trinajstić information content (AvgIpc) is 2.74. The van der Waals surface area contributed by atoms with Crippen molar-refractivity contribution in [2.45, 2.75) is 19.9 Å². The highest BCUT2D eigenvalue weighted by atomic mass is 16.3. The Hall–Kier alpha value is -1.55. The SMILES string of the molecule is Cc1cccc(C(=O)N2CC(C)C(N(C)C)C2)c1O. The molecule has 1 fully saturated rings. The van der Waals surface area contributed by atoms with Gasteiger partial charge in [-0.05, 0) is 38.6 Å². The Balaban J connectivity index is 2.20. The Labute approximate surface area is 114 Å². The number of likely N-dealkylation sites (tertiary alicyclic amines) is 1. The van der Waals surface area contributed by atoms with E-state index in [9.17, 15) is 9.90 Å². The Bertz CT molecular complexity index is 485. The molecule has 4 heteroatoms. The van der Waals surface area contributed by atoms with Crippen LogP contribution in [0, 0.1) is 12.8 Å². The molecule has 0 aromatic heterocycles. The van der Waals surface area contributed by atoms with E-state index in [0.29, 0.717) is 17.5 Å². The van der Waals surface area contributed by atoms with E-state index in [1.54, 1.807) is 19.1 Å². The lowest BCUT2D eigenvalue weighted by atomic mass is 10.1. The number of nitrogens with zero attached hydrogens (tertiary/aromatic N) is 2. The Morgan fingerprint density at radius 3 is 2.63 bits per heavy atom. The van der Waals surface area contributed by atoms with E-state index in [-0.39, 0.29) is 11.7 Å². The van der Waals surface area contributed by atoms with Crippen molar-refractivity contribution in [1.29, 1.82) is 0 Å². The van der Waals surface area contributed by atoms with Crippen LogP contribution in [0.15, 0.2) is 18.2 Å². The molecule has 2 unspecified atom stereocenters. The molecule has 1 aromatic rings. The van der Waals surface area contributed by atoms with Gasteiger partial charge in [0.2, 0.25) is 0 Å². The van der Waals surface area contributed by atoms with Crippen LogP contribution in [0.25, 0.3) is 0 Å². The smallest absolute Gasteiger partial charge is 0.257 e. The number of phenolic OH excluding ortho intramolecular Hbond substituents is 1. The first-order chi connectivity index (χ1) is 8.91. The van der Waals surface area contributed by atoms with Gasteiger partial charge in [-0.2, -0.15) is 0 Å². The molecule has 1 saturated heterocycles. The minimum Gasteiger partial charge on any atom is -0.507 e. The first-order valence-electron chi connectivity index (χ1n) is 6.66. The lowest BCUT2D eigenvalue weighted by molar-refractivity contribution is 0.0778. The maximum Gasteiger partial charge on any atom is 0.257 e. The largest absolute Gasteiger partial charge is 0.507 e. The van der Waals surface area contributed by atoms with Gasteiger partial charge < -0.3 is 14.9 Å². The van der Waals surface area contributed by atoms with Gasteiger partial charge in [-0.25, -0.2) is 0 Å². The number of aromatic hydroxyl groups is 1. The number of phenols is 1. The van der Waals surface area contributed by atoms with E-state index in [4.69, 9.17) is 0 Å². The monoisotopic (exact) mass is 262 g/mol. The molecule has 19 heavy (non-hydrogen) atoms. The summed E-state index contributed by atoms with van der Waals surface area (Å²) in [5, 5.41) is 10.0. The summed E-state index contributed by atoms with van der Waals surface area (Å²) in [6.45, 7) is 5.44. The zero-order valence-corrected chi connectivity index (χ0v) is 12.1. The average molecular weight is 262 g/mol. The van der Waals surface area contributed by atoms with Gasteiger partial charge >= 0.3 is 0 Å². The number of amides is 1. The summed E-state index contributed by atoms with van der Waals surface area (Å²) in [7, 11) is 4.08. The topological polar surface area (TPSA) is 43.8 Å². The van der Waals surface area contributed by atoms with E-state index < -0.39 is 0 Å². The molecular formula is C15H22N2O2. The molecule has 4 nitrogen and oxygen atoms in total. The third kappa shape index (κ3) is 2.59. The number of carbonyl (C=O) groups excluding carboxylic acids is 1. The van der Waals surface area contributed by atoms with Crippen molar-refractivity contribution in [3.05, 3.63) is 29.3 Å². The number of hydrogen-bond donors (Lipinski definition) is 1. The van der Waals surface area contributed by atoms with Gasteiger partial charge in [-0.1, -0.05) is 19.1 Å². The van der Waals surface area contributed by atoms with Gasteiger partial charge in [0.15, 0.2) is 0 Å². The second-order valence-electron chi connectivity index (χ2n) is 5.69. The third-order valence-electron chi connectivity index (χ3n) is 3.99. The Kier molecular flexibility index (Phi) is 3.80. The van der Waals surface area contributed by atoms with Crippen LogP contribution in [0.2, 0.25) is 0 Å². The maximum atomic E-state index is 12.5. The molecule has 0 radical (unpaired) electrons. The predicted octanol–water partition coefficient (Wildman–Crippen LogP) is 1.72. The van der Waals surface area contributed by atoms with Crippen LogP contribution in [-0.4, -0.2) is 54.0 Å². The summed E-state index contributed by atoms with van der Waals surface area (Å²) >= 11 is 0. The number of hydrogen-bond acceptors (Lipinski definition) is 3. The highest BCUT2D eigenvalue weighted by Crippen LogP contribution is 2.26. The minimum atomic E-state index is -0.0719. The molecule has 0 aliphatic carbocycles. The predicted molar refractivity (Wildman–Crippen MR) is 75.4 cm³/mol. The molecular weight excluding hydrogens is 240 g/mol. The first kappa shape index (κ1) is 13.9. The van der Waals surface area contributed by atoms with Crippen molar-refractivity contribution < 1.29 is 9.90 Å². The van der Waals surface area contributed by atoms with Crippen molar-refractivity contribution in [3.63, 3.8) is 0 Å². The summed E-state index contributed by atoms with van der Waals surface area (Å²) in [6, 6.07) is 5.70. The van der Waals surface area contributed by atoms with Crippen molar-refractivity contribution >= 4 is 5.91 Å². The highest BCUT2D eigenvalue weighted by Gasteiger charge is 2.34. The lowest BCUT2D eigenvalue weighted by Crippen LogP contribution is -2.35. The van der Waals surface area contributed by atoms with Crippen LogP contribution < -0.4 is 0 Å². The zero-order valence-electron chi connectivity index (χ0n) is 12.1. The first-order valence-corrected chi connectivity index (χ1v) is 6.66. The lowest BCUT2D eigenvalue weighted by Gasteiger charge is -2.22. The summed E-state index contributed by atoms with van der Waals surface area (Å²) in [5.41, 5.74) is 1.15. The van der Waals surface area contributed by atoms with Gasteiger partial charge in [0.1, 0.15) is 5.75 Å². The molecule has 1 amide bonds. The van der Waals surface area contributed by atoms with Crippen molar-refractivity contribution in [1.82, 2.24) is 9.80 Å². The molecule has 0 spiro atoms. The van der Waals surface area contributed by atoms with Crippen LogP contribution in [-0.2, 0) is 0 Å². The number of aryl methyl sites for hydroxylation is 1. The van der Waals surface area contributed by atoms with E-state index in [2.05, 4.69) is 11.8 Å². The minimum absolute atomic E-state index is 0.0719. The molecule has 2 rings (SSSR count). The zero-order chi connectivity index (χ0) is 14.2. The highest BCUT2D eigenvalue weighted by molar-refractivity contribution is 5.97. The van der Waals surface area contributed by atoms with Crippen LogP contribution in [0.1, 0.15) is 22.8 Å². The third-order valence-corrected chi connectivity index (χ3v) is 3.99. The fourth-order valence-electron chi connectivity index (χ4n) is 2.79. The fraction of sp³-hybridized carbons (Fsp3) is 0.533. The quantitative estimate of drug-likeness (QED) is 0.882. The normalized spacial score (nSPS) is 23.1. The van der Waals surface area contributed by atoms with Crippen molar-refractivity contribution in [2.24, 2.45) is 5.92 Å². The van der Waals surface area contributed by atoms with E-state index in [1.807, 2.05) is 25.1 Å². The molecule has 1 aliphatic heterocycles. The number of benzene rings is 1. The van der Waals surface area contributed by atoms with E-state index in [1.165, 1.54) is 0 Å². The second-order valence-corrected chi connectivity index (χ2v) is 5.69. The second kappa shape index (κ2) is 5.21. The van der Waals surface area contributed by atoms with Gasteiger partial charge in [-0.15, -0.1) is 0 Å². The number of rotatable bonds is 2. The van der Waals surface area contributed by atoms with Gasteiger partial charge in [0.25, 0.3) is 5.91 Å². The van der Waals surface area contributed by atoms with Gasteiger partial charge in [0.05, 0.1) is 5.56 Å². The van der Waals surface area contributed by atoms with Crippen LogP contribution in [0.4, 0.5) is 0 Å². The molecule has 104 valence electrons. The number of para-hydroxylation sites is 1. The van der Waals surface area contributed by atoms with Crippen LogP contribution >= 0.6 is 0 Å². The maximum absolute atomic E-state index is 12.5. The molecule has 1 N–H and O–H groups in total. The molecule has 0 bridgehead atoms. The van der Waals surface area contributed by atoms with Crippen molar-refractivity contribution in [3.8, 4) is 5.75 Å².